The molecule has 0 bridgehead atoms. The average Bonchev–Trinajstić information content (AvgIpc) is 3.28. The summed E-state index contributed by atoms with van der Waals surface area (Å²) in [4.78, 5) is 44.9. The first-order valence-electron chi connectivity index (χ1n) is 10.8. The van der Waals surface area contributed by atoms with E-state index in [9.17, 15) is 19.5 Å². The molecule has 170 valence electrons. The molecule has 5 aromatic rings. The Kier molecular flexibility index (Phi) is 5.12. The van der Waals surface area contributed by atoms with E-state index in [1.54, 1.807) is 42.5 Å². The number of Topliss-reactive ketones (excluding diaryl/α,β-unsaturated/α-hetero) is 1. The summed E-state index contributed by atoms with van der Waals surface area (Å²) in [7, 11) is 0. The van der Waals surface area contributed by atoms with Crippen LogP contribution in [0.3, 0.4) is 0 Å². The van der Waals surface area contributed by atoms with Crippen LogP contribution < -0.4 is 4.90 Å². The number of carbonyl (C=O) groups excluding carboxylic acids is 3. The van der Waals surface area contributed by atoms with E-state index in [4.69, 9.17) is 0 Å². The van der Waals surface area contributed by atoms with E-state index in [-0.39, 0.29) is 29.1 Å². The van der Waals surface area contributed by atoms with E-state index in [1.807, 2.05) is 24.3 Å². The summed E-state index contributed by atoms with van der Waals surface area (Å²) < 4.78 is 1.54. The lowest BCUT2D eigenvalue weighted by atomic mass is 9.94. The number of aromatic nitrogens is 1. The van der Waals surface area contributed by atoms with Crippen molar-refractivity contribution >= 4 is 67.4 Å². The zero-order chi connectivity index (χ0) is 24.1. The second-order valence-corrected chi connectivity index (χ2v) is 10.3. The number of ketones is 1. The van der Waals surface area contributed by atoms with Crippen molar-refractivity contribution in [2.45, 2.75) is 4.34 Å². The molecule has 6 rings (SSSR count). The van der Waals surface area contributed by atoms with Crippen molar-refractivity contribution in [3.05, 3.63) is 95.6 Å². The van der Waals surface area contributed by atoms with Crippen LogP contribution in [0.2, 0.25) is 0 Å². The first kappa shape index (κ1) is 21.5. The molecule has 35 heavy (non-hydrogen) atoms. The number of hydrogen-bond donors (Lipinski definition) is 1. The Balaban J connectivity index is 1.28. The van der Waals surface area contributed by atoms with Gasteiger partial charge in [0.25, 0.3) is 11.8 Å². The van der Waals surface area contributed by atoms with Crippen LogP contribution in [0.5, 0.6) is 5.75 Å². The number of phenols is 1. The molecular weight excluding hydrogens is 480 g/mol. The van der Waals surface area contributed by atoms with Gasteiger partial charge in [-0.15, -0.1) is 11.3 Å². The Morgan fingerprint density at radius 1 is 0.914 bits per heavy atom. The fraction of sp³-hybridized carbons (Fsp3) is 0.0370. The number of phenolic OH excluding ortho intramolecular Hbond substituents is 1. The van der Waals surface area contributed by atoms with Crippen LogP contribution in [0.4, 0.5) is 5.69 Å². The molecule has 0 fully saturated rings. The number of fused-ring (bicyclic) bond motifs is 1. The number of amides is 2. The van der Waals surface area contributed by atoms with Crippen LogP contribution in [0.1, 0.15) is 31.1 Å². The fourth-order valence-corrected chi connectivity index (χ4v) is 6.21. The topological polar surface area (TPSA) is 87.6 Å². The van der Waals surface area contributed by atoms with Crippen molar-refractivity contribution in [3.63, 3.8) is 0 Å². The van der Waals surface area contributed by atoms with Crippen LogP contribution in [-0.4, -0.2) is 33.4 Å². The van der Waals surface area contributed by atoms with Gasteiger partial charge in [0.1, 0.15) is 5.75 Å². The number of imide groups is 1. The van der Waals surface area contributed by atoms with Crippen LogP contribution in [-0.2, 0) is 0 Å². The van der Waals surface area contributed by atoms with Gasteiger partial charge < -0.3 is 5.11 Å². The molecule has 0 spiro atoms. The van der Waals surface area contributed by atoms with Crippen molar-refractivity contribution in [1.29, 1.82) is 0 Å². The SMILES string of the molecule is O=C(CSc1nc2ccc(N3C(=O)c4cccc5cccc(c45)C3=O)cc2s1)c1ccc(O)cc1. The molecule has 1 aliphatic heterocycles. The third-order valence-corrected chi connectivity index (χ3v) is 8.06. The van der Waals surface area contributed by atoms with E-state index < -0.39 is 0 Å². The summed E-state index contributed by atoms with van der Waals surface area (Å²) in [5, 5.41) is 10.9. The minimum absolute atomic E-state index is 0.0627. The number of thioether (sulfide) groups is 1. The highest BCUT2D eigenvalue weighted by molar-refractivity contribution is 8.01. The Labute approximate surface area is 207 Å². The highest BCUT2D eigenvalue weighted by atomic mass is 32.2. The number of benzene rings is 4. The zero-order valence-corrected chi connectivity index (χ0v) is 19.7. The molecule has 2 amide bonds. The summed E-state index contributed by atoms with van der Waals surface area (Å²) >= 11 is 2.74. The number of hydrogen-bond acceptors (Lipinski definition) is 7. The van der Waals surface area contributed by atoms with Gasteiger partial charge in [-0.3, -0.25) is 14.4 Å². The van der Waals surface area contributed by atoms with Crippen molar-refractivity contribution in [2.24, 2.45) is 0 Å². The second-order valence-electron chi connectivity index (χ2n) is 8.05. The van der Waals surface area contributed by atoms with Crippen LogP contribution in [0.25, 0.3) is 21.0 Å². The summed E-state index contributed by atoms with van der Waals surface area (Å²) in [5.74, 6) is -0.440. The van der Waals surface area contributed by atoms with Gasteiger partial charge >= 0.3 is 0 Å². The summed E-state index contributed by atoms with van der Waals surface area (Å²) in [6, 6.07) is 22.4. The van der Waals surface area contributed by atoms with Crippen LogP contribution in [0, 0.1) is 0 Å². The molecule has 2 heterocycles. The highest BCUT2D eigenvalue weighted by Gasteiger charge is 2.34. The number of rotatable bonds is 5. The molecular formula is C27H16N2O4S2. The third kappa shape index (κ3) is 3.67. The molecule has 0 radical (unpaired) electrons. The Morgan fingerprint density at radius 2 is 1.60 bits per heavy atom. The lowest BCUT2D eigenvalue weighted by Crippen LogP contribution is -2.40. The van der Waals surface area contributed by atoms with Crippen molar-refractivity contribution < 1.29 is 19.5 Å². The minimum Gasteiger partial charge on any atom is -0.508 e. The summed E-state index contributed by atoms with van der Waals surface area (Å²) in [6.07, 6.45) is 0. The number of thiazole rings is 1. The molecule has 4 aromatic carbocycles. The predicted octanol–water partition coefficient (Wildman–Crippen LogP) is 5.93. The van der Waals surface area contributed by atoms with Gasteiger partial charge in [0, 0.05) is 22.1 Å². The van der Waals surface area contributed by atoms with Gasteiger partial charge in [-0.2, -0.15) is 0 Å². The molecule has 0 atom stereocenters. The molecule has 6 nitrogen and oxygen atoms in total. The van der Waals surface area contributed by atoms with Crippen LogP contribution in [0.15, 0.2) is 83.2 Å². The fourth-order valence-electron chi connectivity index (χ4n) is 4.22. The monoisotopic (exact) mass is 496 g/mol. The molecule has 1 aliphatic rings. The third-order valence-electron chi connectivity index (χ3n) is 5.90. The Morgan fingerprint density at radius 3 is 2.29 bits per heavy atom. The predicted molar refractivity (Wildman–Crippen MR) is 138 cm³/mol. The Bertz CT molecular complexity index is 1620. The average molecular weight is 497 g/mol. The lowest BCUT2D eigenvalue weighted by molar-refractivity contribution is 0.0892. The van der Waals surface area contributed by atoms with Crippen LogP contribution >= 0.6 is 23.1 Å². The number of anilines is 1. The largest absolute Gasteiger partial charge is 0.508 e. The molecule has 0 saturated carbocycles. The maximum Gasteiger partial charge on any atom is 0.265 e. The normalized spacial score (nSPS) is 13.1. The number of aromatic hydroxyl groups is 1. The van der Waals surface area contributed by atoms with Gasteiger partial charge in [-0.25, -0.2) is 9.88 Å². The molecule has 0 aliphatic carbocycles. The van der Waals surface area contributed by atoms with E-state index >= 15 is 0 Å². The van der Waals surface area contributed by atoms with E-state index in [0.717, 1.165) is 19.9 Å². The lowest BCUT2D eigenvalue weighted by Gasteiger charge is -2.27. The van der Waals surface area contributed by atoms with Crippen molar-refractivity contribution in [3.8, 4) is 5.75 Å². The first-order chi connectivity index (χ1) is 17.0. The quantitative estimate of drug-likeness (QED) is 0.184. The molecule has 1 aromatic heterocycles. The maximum absolute atomic E-state index is 13.3. The standard InChI is InChI=1S/C27H16N2O4S2/c30-18-10-7-15(8-11-18)22(31)14-34-27-28-21-12-9-17(13-23(21)35-27)29-25(32)19-5-1-3-16-4-2-6-20(24(16)19)26(29)33/h1-13,30H,14H2. The Hall–Kier alpha value is -4.01. The number of nitrogens with zero attached hydrogens (tertiary/aromatic N) is 2. The molecule has 0 unspecified atom stereocenters. The van der Waals surface area contributed by atoms with Gasteiger partial charge in [0.15, 0.2) is 10.1 Å². The maximum atomic E-state index is 13.3. The van der Waals surface area contributed by atoms with Crippen molar-refractivity contribution in [1.82, 2.24) is 4.98 Å². The minimum atomic E-state index is -0.350. The van der Waals surface area contributed by atoms with E-state index in [2.05, 4.69) is 4.98 Å². The summed E-state index contributed by atoms with van der Waals surface area (Å²) in [6.45, 7) is 0. The van der Waals surface area contributed by atoms with Gasteiger partial charge in [0.05, 0.1) is 21.7 Å². The van der Waals surface area contributed by atoms with E-state index in [0.29, 0.717) is 27.8 Å². The summed E-state index contributed by atoms with van der Waals surface area (Å²) in [5.41, 5.74) is 2.76. The second kappa shape index (κ2) is 8.33. The van der Waals surface area contributed by atoms with E-state index in [1.165, 1.54) is 40.1 Å². The zero-order valence-electron chi connectivity index (χ0n) is 18.1. The number of carbonyl (C=O) groups is 3. The molecule has 8 heteroatoms. The van der Waals surface area contributed by atoms with Crippen molar-refractivity contribution in [2.75, 3.05) is 10.7 Å². The molecule has 0 saturated heterocycles. The van der Waals surface area contributed by atoms with Gasteiger partial charge in [0.2, 0.25) is 0 Å². The van der Waals surface area contributed by atoms with Gasteiger partial charge in [-0.05, 0) is 60.0 Å². The molecule has 1 N–H and O–H groups in total. The first-order valence-corrected chi connectivity index (χ1v) is 12.6. The van der Waals surface area contributed by atoms with Gasteiger partial charge in [-0.1, -0.05) is 36.0 Å². The highest BCUT2D eigenvalue weighted by Crippen LogP contribution is 2.36. The smallest absolute Gasteiger partial charge is 0.265 e.